The van der Waals surface area contributed by atoms with Crippen LogP contribution in [-0.4, -0.2) is 86.1 Å². The molecular formula is C16H35N3O2. The molecule has 0 aromatic heterocycles. The van der Waals surface area contributed by atoms with E-state index in [0.29, 0.717) is 25.0 Å². The van der Waals surface area contributed by atoms with Crippen molar-refractivity contribution in [2.45, 2.75) is 38.1 Å². The minimum Gasteiger partial charge on any atom is -0.395 e. The maximum atomic E-state index is 9.31. The van der Waals surface area contributed by atoms with E-state index in [1.165, 1.54) is 32.1 Å². The van der Waals surface area contributed by atoms with E-state index in [0.717, 1.165) is 19.6 Å². The van der Waals surface area contributed by atoms with Crippen LogP contribution in [0.3, 0.4) is 0 Å². The SMILES string of the molecule is CN(C)CCCCC(C1CCNCC1)N(CCO)CCO. The normalized spacial score (nSPS) is 18.6. The fourth-order valence-electron chi connectivity index (χ4n) is 3.43. The number of nitrogens with zero attached hydrogens (tertiary/aromatic N) is 2. The zero-order chi connectivity index (χ0) is 15.5. The summed E-state index contributed by atoms with van der Waals surface area (Å²) >= 11 is 0. The van der Waals surface area contributed by atoms with Crippen molar-refractivity contribution in [2.75, 3.05) is 60.0 Å². The number of aliphatic hydroxyl groups excluding tert-OH is 2. The quantitative estimate of drug-likeness (QED) is 0.482. The van der Waals surface area contributed by atoms with Crippen LogP contribution in [0.1, 0.15) is 32.1 Å². The summed E-state index contributed by atoms with van der Waals surface area (Å²) in [7, 11) is 4.24. The zero-order valence-electron chi connectivity index (χ0n) is 13.9. The van der Waals surface area contributed by atoms with E-state index in [9.17, 15) is 10.2 Å². The van der Waals surface area contributed by atoms with Crippen molar-refractivity contribution in [1.82, 2.24) is 15.1 Å². The first-order chi connectivity index (χ1) is 10.2. The van der Waals surface area contributed by atoms with Gasteiger partial charge in [-0.2, -0.15) is 0 Å². The third-order valence-corrected chi connectivity index (χ3v) is 4.53. The van der Waals surface area contributed by atoms with Crippen LogP contribution in [0.25, 0.3) is 0 Å². The summed E-state index contributed by atoms with van der Waals surface area (Å²) < 4.78 is 0. The van der Waals surface area contributed by atoms with Crippen molar-refractivity contribution < 1.29 is 10.2 Å². The molecule has 0 aliphatic carbocycles. The van der Waals surface area contributed by atoms with Gasteiger partial charge in [0.1, 0.15) is 0 Å². The van der Waals surface area contributed by atoms with E-state index < -0.39 is 0 Å². The van der Waals surface area contributed by atoms with Gasteiger partial charge in [-0.3, -0.25) is 4.90 Å². The fourth-order valence-corrected chi connectivity index (χ4v) is 3.43. The molecule has 3 N–H and O–H groups in total. The van der Waals surface area contributed by atoms with Crippen molar-refractivity contribution in [3.8, 4) is 0 Å². The summed E-state index contributed by atoms with van der Waals surface area (Å²) in [6.45, 7) is 5.07. The first-order valence-electron chi connectivity index (χ1n) is 8.50. The maximum Gasteiger partial charge on any atom is 0.0558 e. The van der Waals surface area contributed by atoms with E-state index in [2.05, 4.69) is 29.2 Å². The van der Waals surface area contributed by atoms with E-state index >= 15 is 0 Å². The van der Waals surface area contributed by atoms with Gasteiger partial charge in [0, 0.05) is 19.1 Å². The number of hydrogen-bond acceptors (Lipinski definition) is 5. The molecule has 0 aromatic carbocycles. The summed E-state index contributed by atoms with van der Waals surface area (Å²) in [6.07, 6.45) is 6.05. The Labute approximate surface area is 130 Å². The molecule has 1 aliphatic rings. The highest BCUT2D eigenvalue weighted by atomic mass is 16.3. The van der Waals surface area contributed by atoms with Gasteiger partial charge in [0.2, 0.25) is 0 Å². The van der Waals surface area contributed by atoms with Gasteiger partial charge in [-0.25, -0.2) is 0 Å². The van der Waals surface area contributed by atoms with Gasteiger partial charge in [0.15, 0.2) is 0 Å². The summed E-state index contributed by atoms with van der Waals surface area (Å²) in [6, 6.07) is 0.508. The number of unbranched alkanes of at least 4 members (excludes halogenated alkanes) is 1. The summed E-state index contributed by atoms with van der Waals surface area (Å²) in [5, 5.41) is 22.1. The van der Waals surface area contributed by atoms with Crippen molar-refractivity contribution in [3.05, 3.63) is 0 Å². The number of piperidine rings is 1. The third kappa shape index (κ3) is 7.56. The Morgan fingerprint density at radius 2 is 1.62 bits per heavy atom. The van der Waals surface area contributed by atoms with E-state index in [-0.39, 0.29) is 13.2 Å². The molecule has 0 bridgehead atoms. The van der Waals surface area contributed by atoms with Crippen LogP contribution in [-0.2, 0) is 0 Å². The van der Waals surface area contributed by atoms with Crippen LogP contribution < -0.4 is 5.32 Å². The molecule has 5 nitrogen and oxygen atoms in total. The lowest BCUT2D eigenvalue weighted by atomic mass is 9.86. The molecule has 1 rings (SSSR count). The Morgan fingerprint density at radius 1 is 1.00 bits per heavy atom. The highest BCUT2D eigenvalue weighted by Gasteiger charge is 2.27. The Balaban J connectivity index is 2.53. The molecule has 1 aliphatic heterocycles. The van der Waals surface area contributed by atoms with Crippen LogP contribution in [0.2, 0.25) is 0 Å². The topological polar surface area (TPSA) is 59.0 Å². The van der Waals surface area contributed by atoms with Crippen LogP contribution in [0, 0.1) is 5.92 Å². The van der Waals surface area contributed by atoms with Gasteiger partial charge >= 0.3 is 0 Å². The number of hydrogen-bond donors (Lipinski definition) is 3. The second kappa shape index (κ2) is 11.4. The van der Waals surface area contributed by atoms with Gasteiger partial charge in [-0.15, -0.1) is 0 Å². The van der Waals surface area contributed by atoms with E-state index in [1.54, 1.807) is 0 Å². The van der Waals surface area contributed by atoms with Gasteiger partial charge in [-0.05, 0) is 65.3 Å². The summed E-state index contributed by atoms with van der Waals surface area (Å²) in [5.74, 6) is 0.698. The number of rotatable bonds is 11. The molecule has 1 atom stereocenters. The Hall–Kier alpha value is -0.200. The lowest BCUT2D eigenvalue weighted by Crippen LogP contribution is -2.46. The monoisotopic (exact) mass is 301 g/mol. The lowest BCUT2D eigenvalue weighted by molar-refractivity contribution is 0.0725. The first-order valence-corrected chi connectivity index (χ1v) is 8.50. The minimum absolute atomic E-state index is 0.180. The average molecular weight is 301 g/mol. The van der Waals surface area contributed by atoms with Gasteiger partial charge < -0.3 is 20.4 Å². The molecule has 21 heavy (non-hydrogen) atoms. The number of aliphatic hydroxyl groups is 2. The van der Waals surface area contributed by atoms with Crippen molar-refractivity contribution in [2.24, 2.45) is 5.92 Å². The van der Waals surface area contributed by atoms with E-state index in [4.69, 9.17) is 0 Å². The van der Waals surface area contributed by atoms with Gasteiger partial charge in [0.25, 0.3) is 0 Å². The molecule has 0 amide bonds. The van der Waals surface area contributed by atoms with Crippen LogP contribution in [0.5, 0.6) is 0 Å². The largest absolute Gasteiger partial charge is 0.395 e. The van der Waals surface area contributed by atoms with Crippen molar-refractivity contribution in [3.63, 3.8) is 0 Å². The molecule has 1 fully saturated rings. The molecule has 1 unspecified atom stereocenters. The minimum atomic E-state index is 0.180. The molecule has 5 heteroatoms. The van der Waals surface area contributed by atoms with Crippen LogP contribution in [0.4, 0.5) is 0 Å². The van der Waals surface area contributed by atoms with Gasteiger partial charge in [0.05, 0.1) is 13.2 Å². The van der Waals surface area contributed by atoms with Crippen molar-refractivity contribution >= 4 is 0 Å². The smallest absolute Gasteiger partial charge is 0.0558 e. The molecule has 0 spiro atoms. The molecule has 0 saturated carbocycles. The Bertz CT molecular complexity index is 240. The van der Waals surface area contributed by atoms with Gasteiger partial charge in [-0.1, -0.05) is 6.42 Å². The number of nitrogens with one attached hydrogen (secondary N) is 1. The Morgan fingerprint density at radius 3 is 2.14 bits per heavy atom. The molecule has 0 aromatic rings. The van der Waals surface area contributed by atoms with Crippen LogP contribution >= 0.6 is 0 Å². The second-order valence-electron chi connectivity index (χ2n) is 6.44. The Kier molecular flexibility index (Phi) is 10.2. The predicted octanol–water partition coefficient (Wildman–Crippen LogP) is 0.373. The first kappa shape index (κ1) is 18.8. The lowest BCUT2D eigenvalue weighted by Gasteiger charge is -2.39. The highest BCUT2D eigenvalue weighted by Crippen LogP contribution is 2.25. The van der Waals surface area contributed by atoms with Crippen molar-refractivity contribution in [1.29, 1.82) is 0 Å². The van der Waals surface area contributed by atoms with Crippen LogP contribution in [0.15, 0.2) is 0 Å². The standard InChI is InChI=1S/C16H35N3O2/c1-18(2)10-4-3-5-16(15-6-8-17-9-7-15)19(11-13-20)12-14-21/h15-17,20-21H,3-14H2,1-2H3. The third-order valence-electron chi connectivity index (χ3n) is 4.53. The highest BCUT2D eigenvalue weighted by molar-refractivity contribution is 4.83. The average Bonchev–Trinajstić information content (AvgIpc) is 2.48. The molecule has 1 saturated heterocycles. The predicted molar refractivity (Wildman–Crippen MR) is 87.5 cm³/mol. The molecule has 0 radical (unpaired) electrons. The van der Waals surface area contributed by atoms with E-state index in [1.807, 2.05) is 0 Å². The second-order valence-corrected chi connectivity index (χ2v) is 6.44. The molecular weight excluding hydrogens is 266 g/mol. The zero-order valence-corrected chi connectivity index (χ0v) is 13.9. The maximum absolute atomic E-state index is 9.31. The fraction of sp³-hybridized carbons (Fsp3) is 1.00. The summed E-state index contributed by atoms with van der Waals surface area (Å²) in [4.78, 5) is 4.55. The summed E-state index contributed by atoms with van der Waals surface area (Å²) in [5.41, 5.74) is 0. The molecule has 1 heterocycles. The molecule has 126 valence electrons.